The van der Waals surface area contributed by atoms with Crippen LogP contribution in [0, 0.1) is 5.92 Å². The molecule has 116 valence electrons. The first kappa shape index (κ1) is 14.9. The number of hydrogen-bond donors (Lipinski definition) is 2. The van der Waals surface area contributed by atoms with Gasteiger partial charge >= 0.3 is 0 Å². The number of carbonyl (C=O) groups is 1. The number of hydrogen-bond acceptors (Lipinski definition) is 3. The number of ether oxygens (including phenoxy) is 1. The molecule has 0 saturated carbocycles. The van der Waals surface area contributed by atoms with Gasteiger partial charge in [-0.2, -0.15) is 0 Å². The van der Waals surface area contributed by atoms with Crippen molar-refractivity contribution in [1.29, 1.82) is 0 Å². The number of benzene rings is 2. The number of rotatable bonds is 4. The smallest absolute Gasteiger partial charge is 0.224 e. The van der Waals surface area contributed by atoms with Crippen LogP contribution in [-0.2, 0) is 9.53 Å². The predicted octanol–water partition coefficient (Wildman–Crippen LogP) is 3.69. The molecule has 0 radical (unpaired) electrons. The van der Waals surface area contributed by atoms with Gasteiger partial charge in [0.2, 0.25) is 5.91 Å². The summed E-state index contributed by atoms with van der Waals surface area (Å²) in [4.78, 5) is 12.2. The molecule has 4 heteroatoms. The SMILES string of the molecule is O=C(CCC1CCOCC1)Nc1cccc2c(O)cccc12. The lowest BCUT2D eigenvalue weighted by Gasteiger charge is -2.21. The van der Waals surface area contributed by atoms with E-state index < -0.39 is 0 Å². The average Bonchev–Trinajstić information content (AvgIpc) is 2.55. The van der Waals surface area contributed by atoms with E-state index in [2.05, 4.69) is 5.32 Å². The summed E-state index contributed by atoms with van der Waals surface area (Å²) in [5.74, 6) is 0.856. The Hall–Kier alpha value is -2.07. The van der Waals surface area contributed by atoms with Crippen molar-refractivity contribution in [2.45, 2.75) is 25.7 Å². The van der Waals surface area contributed by atoms with Gasteiger partial charge in [0.25, 0.3) is 0 Å². The highest BCUT2D eigenvalue weighted by molar-refractivity contribution is 6.03. The number of amides is 1. The summed E-state index contributed by atoms with van der Waals surface area (Å²) in [6, 6.07) is 10.9. The number of fused-ring (bicyclic) bond motifs is 1. The molecule has 0 unspecified atom stereocenters. The Morgan fingerprint density at radius 1 is 1.14 bits per heavy atom. The van der Waals surface area contributed by atoms with Crippen LogP contribution in [0.4, 0.5) is 5.69 Å². The standard InChI is InChI=1S/C18H21NO3/c20-17-6-2-3-14-15(17)4-1-5-16(14)19-18(21)8-7-13-9-11-22-12-10-13/h1-6,13,20H,7-12H2,(H,19,21). The third-order valence-corrected chi connectivity index (χ3v) is 4.29. The normalized spacial score (nSPS) is 15.8. The summed E-state index contributed by atoms with van der Waals surface area (Å²) in [6.07, 6.45) is 3.54. The van der Waals surface area contributed by atoms with E-state index in [1.165, 1.54) is 0 Å². The van der Waals surface area contributed by atoms with Crippen molar-refractivity contribution in [3.63, 3.8) is 0 Å². The van der Waals surface area contributed by atoms with Crippen LogP contribution in [0.5, 0.6) is 5.75 Å². The second-order valence-electron chi connectivity index (χ2n) is 5.82. The molecule has 22 heavy (non-hydrogen) atoms. The van der Waals surface area contributed by atoms with Crippen LogP contribution in [0.2, 0.25) is 0 Å². The first-order valence-corrected chi connectivity index (χ1v) is 7.82. The van der Waals surface area contributed by atoms with Crippen LogP contribution < -0.4 is 5.32 Å². The fraction of sp³-hybridized carbons (Fsp3) is 0.389. The molecule has 1 fully saturated rings. The Morgan fingerprint density at radius 2 is 1.86 bits per heavy atom. The number of aromatic hydroxyl groups is 1. The lowest BCUT2D eigenvalue weighted by Crippen LogP contribution is -2.18. The minimum Gasteiger partial charge on any atom is -0.507 e. The topological polar surface area (TPSA) is 58.6 Å². The summed E-state index contributed by atoms with van der Waals surface area (Å²) in [5, 5.41) is 14.5. The maximum atomic E-state index is 12.2. The van der Waals surface area contributed by atoms with Crippen molar-refractivity contribution in [1.82, 2.24) is 0 Å². The van der Waals surface area contributed by atoms with E-state index in [-0.39, 0.29) is 11.7 Å². The molecule has 0 atom stereocenters. The molecule has 0 aromatic heterocycles. The van der Waals surface area contributed by atoms with Crippen LogP contribution in [0.25, 0.3) is 10.8 Å². The molecular formula is C18H21NO3. The zero-order valence-corrected chi connectivity index (χ0v) is 12.5. The summed E-state index contributed by atoms with van der Waals surface area (Å²) in [6.45, 7) is 1.63. The van der Waals surface area contributed by atoms with Gasteiger partial charge in [-0.05, 0) is 37.3 Å². The molecule has 1 aliphatic heterocycles. The van der Waals surface area contributed by atoms with Crippen molar-refractivity contribution in [2.24, 2.45) is 5.92 Å². The summed E-state index contributed by atoms with van der Waals surface area (Å²) in [7, 11) is 0. The highest BCUT2D eigenvalue weighted by Gasteiger charge is 2.15. The molecule has 0 spiro atoms. The lowest BCUT2D eigenvalue weighted by atomic mass is 9.95. The van der Waals surface area contributed by atoms with Crippen LogP contribution in [0.3, 0.4) is 0 Å². The Balaban J connectivity index is 1.65. The number of phenolic OH excluding ortho intramolecular Hbond substituents is 1. The van der Waals surface area contributed by atoms with E-state index in [4.69, 9.17) is 4.74 Å². The highest BCUT2D eigenvalue weighted by Crippen LogP contribution is 2.30. The zero-order chi connectivity index (χ0) is 15.4. The Kier molecular flexibility index (Phi) is 4.59. The first-order chi connectivity index (χ1) is 10.7. The molecule has 4 nitrogen and oxygen atoms in total. The molecule has 2 aromatic carbocycles. The van der Waals surface area contributed by atoms with E-state index in [1.54, 1.807) is 12.1 Å². The van der Waals surface area contributed by atoms with E-state index in [1.807, 2.05) is 24.3 Å². The largest absolute Gasteiger partial charge is 0.507 e. The maximum Gasteiger partial charge on any atom is 0.224 e. The van der Waals surface area contributed by atoms with Gasteiger partial charge in [-0.25, -0.2) is 0 Å². The average molecular weight is 299 g/mol. The van der Waals surface area contributed by atoms with Crippen molar-refractivity contribution in [2.75, 3.05) is 18.5 Å². The van der Waals surface area contributed by atoms with Crippen LogP contribution in [0.15, 0.2) is 36.4 Å². The van der Waals surface area contributed by atoms with Crippen LogP contribution in [-0.4, -0.2) is 24.2 Å². The first-order valence-electron chi connectivity index (χ1n) is 7.82. The molecular weight excluding hydrogens is 278 g/mol. The van der Waals surface area contributed by atoms with Gasteiger partial charge in [0, 0.05) is 36.1 Å². The van der Waals surface area contributed by atoms with Crippen molar-refractivity contribution in [3.8, 4) is 5.75 Å². The van der Waals surface area contributed by atoms with E-state index in [9.17, 15) is 9.90 Å². The second-order valence-corrected chi connectivity index (χ2v) is 5.82. The monoisotopic (exact) mass is 299 g/mol. The molecule has 3 rings (SSSR count). The molecule has 2 aromatic rings. The number of anilines is 1. The molecule has 2 N–H and O–H groups in total. The minimum absolute atomic E-state index is 0.0299. The van der Waals surface area contributed by atoms with Gasteiger partial charge in [-0.15, -0.1) is 0 Å². The minimum atomic E-state index is 0.0299. The quantitative estimate of drug-likeness (QED) is 0.905. The third kappa shape index (κ3) is 3.39. The lowest BCUT2D eigenvalue weighted by molar-refractivity contribution is -0.116. The Bertz CT molecular complexity index is 662. The second kappa shape index (κ2) is 6.79. The molecule has 1 heterocycles. The zero-order valence-electron chi connectivity index (χ0n) is 12.5. The fourth-order valence-corrected chi connectivity index (χ4v) is 2.99. The number of carbonyl (C=O) groups excluding carboxylic acids is 1. The van der Waals surface area contributed by atoms with Crippen molar-refractivity contribution >= 4 is 22.4 Å². The van der Waals surface area contributed by atoms with Crippen molar-refractivity contribution < 1.29 is 14.6 Å². The van der Waals surface area contributed by atoms with Gasteiger partial charge in [0.15, 0.2) is 0 Å². The third-order valence-electron chi connectivity index (χ3n) is 4.29. The molecule has 1 saturated heterocycles. The maximum absolute atomic E-state index is 12.2. The Morgan fingerprint density at radius 3 is 2.68 bits per heavy atom. The number of phenols is 1. The summed E-state index contributed by atoms with van der Waals surface area (Å²) < 4.78 is 5.34. The van der Waals surface area contributed by atoms with Gasteiger partial charge in [-0.1, -0.05) is 24.3 Å². The molecule has 1 aliphatic rings. The van der Waals surface area contributed by atoms with E-state index in [0.29, 0.717) is 12.3 Å². The Labute approximate surface area is 130 Å². The van der Waals surface area contributed by atoms with Gasteiger partial charge in [-0.3, -0.25) is 4.79 Å². The van der Waals surface area contributed by atoms with Gasteiger partial charge < -0.3 is 15.2 Å². The summed E-state index contributed by atoms with van der Waals surface area (Å²) >= 11 is 0. The van der Waals surface area contributed by atoms with Crippen LogP contribution in [0.1, 0.15) is 25.7 Å². The molecule has 1 amide bonds. The van der Waals surface area contributed by atoms with Crippen molar-refractivity contribution in [3.05, 3.63) is 36.4 Å². The van der Waals surface area contributed by atoms with E-state index in [0.717, 1.165) is 48.9 Å². The number of nitrogens with one attached hydrogen (secondary N) is 1. The fourth-order valence-electron chi connectivity index (χ4n) is 2.99. The van der Waals surface area contributed by atoms with Gasteiger partial charge in [0.05, 0.1) is 0 Å². The van der Waals surface area contributed by atoms with Gasteiger partial charge in [0.1, 0.15) is 5.75 Å². The molecule has 0 bridgehead atoms. The predicted molar refractivity (Wildman–Crippen MR) is 87.0 cm³/mol. The highest BCUT2D eigenvalue weighted by atomic mass is 16.5. The van der Waals surface area contributed by atoms with E-state index >= 15 is 0 Å². The summed E-state index contributed by atoms with van der Waals surface area (Å²) in [5.41, 5.74) is 0.755. The molecule has 0 aliphatic carbocycles. The van der Waals surface area contributed by atoms with Crippen LogP contribution >= 0.6 is 0 Å².